The summed E-state index contributed by atoms with van der Waals surface area (Å²) >= 11 is 0. The van der Waals surface area contributed by atoms with Crippen molar-refractivity contribution >= 4 is 11.9 Å². The van der Waals surface area contributed by atoms with Crippen LogP contribution in [0, 0.1) is 0 Å². The first-order valence-electron chi connectivity index (χ1n) is 8.19. The lowest BCUT2D eigenvalue weighted by molar-refractivity contribution is -0.134. The number of rotatable bonds is 3. The number of carboxylic acid groups (broad SMARTS) is 2. The van der Waals surface area contributed by atoms with Crippen LogP contribution in [0.1, 0.15) is 18.1 Å². The van der Waals surface area contributed by atoms with Crippen molar-refractivity contribution in [2.24, 2.45) is 0 Å². The smallest absolute Gasteiger partial charge is 0.328 e. The molecule has 1 aromatic rings. The number of morpholine rings is 1. The van der Waals surface area contributed by atoms with Gasteiger partial charge in [0.05, 0.1) is 20.3 Å². The van der Waals surface area contributed by atoms with E-state index in [2.05, 4.69) is 11.9 Å². The predicted octanol–water partition coefficient (Wildman–Crippen LogP) is 1.56. The highest BCUT2D eigenvalue weighted by molar-refractivity contribution is 5.89. The summed E-state index contributed by atoms with van der Waals surface area (Å²) in [6, 6.07) is 6.35. The van der Waals surface area contributed by atoms with Crippen LogP contribution in [0.25, 0.3) is 0 Å². The first-order valence-corrected chi connectivity index (χ1v) is 8.19. The summed E-state index contributed by atoms with van der Waals surface area (Å²) in [7, 11) is 3.84. The number of hydrogen-bond donors (Lipinski definition) is 2. The summed E-state index contributed by atoms with van der Waals surface area (Å²) in [5.41, 5.74) is 1.11. The Labute approximate surface area is 151 Å². The number of likely N-dealkylation sites (N-methyl/N-ethyl adjacent to an activating group) is 1. The van der Waals surface area contributed by atoms with Crippen LogP contribution >= 0.6 is 0 Å². The van der Waals surface area contributed by atoms with Crippen molar-refractivity contribution in [1.29, 1.82) is 0 Å². The van der Waals surface area contributed by atoms with Gasteiger partial charge in [0.1, 0.15) is 17.6 Å². The van der Waals surface area contributed by atoms with E-state index in [1.807, 2.05) is 18.2 Å². The van der Waals surface area contributed by atoms with Crippen molar-refractivity contribution in [1.82, 2.24) is 4.90 Å². The van der Waals surface area contributed by atoms with Crippen LogP contribution in [0.4, 0.5) is 0 Å². The fourth-order valence-electron chi connectivity index (χ4n) is 2.94. The first-order chi connectivity index (χ1) is 12.4. The van der Waals surface area contributed by atoms with Crippen LogP contribution in [0.3, 0.4) is 0 Å². The molecule has 8 heteroatoms. The molecule has 0 amide bonds. The first kappa shape index (κ1) is 19.7. The zero-order valence-electron chi connectivity index (χ0n) is 14.8. The molecule has 0 aliphatic carbocycles. The Morgan fingerprint density at radius 3 is 2.54 bits per heavy atom. The Hall–Kier alpha value is -2.58. The van der Waals surface area contributed by atoms with Crippen molar-refractivity contribution in [2.45, 2.75) is 18.6 Å². The molecule has 2 aliphatic rings. The number of ether oxygens (including phenoxy) is 3. The van der Waals surface area contributed by atoms with Gasteiger partial charge in [0.25, 0.3) is 0 Å². The highest BCUT2D eigenvalue weighted by Gasteiger charge is 2.35. The Morgan fingerprint density at radius 1 is 1.23 bits per heavy atom. The van der Waals surface area contributed by atoms with Crippen LogP contribution < -0.4 is 9.47 Å². The highest BCUT2D eigenvalue weighted by atomic mass is 16.5. The van der Waals surface area contributed by atoms with Crippen molar-refractivity contribution < 1.29 is 34.0 Å². The average Bonchev–Trinajstić information content (AvgIpc) is 2.80. The Balaban J connectivity index is 0.000000260. The van der Waals surface area contributed by atoms with Gasteiger partial charge in [-0.25, -0.2) is 9.59 Å². The average molecular weight is 365 g/mol. The van der Waals surface area contributed by atoms with E-state index < -0.39 is 11.9 Å². The summed E-state index contributed by atoms with van der Waals surface area (Å²) in [4.78, 5) is 21.5. The molecule has 0 unspecified atom stereocenters. The van der Waals surface area contributed by atoms with Gasteiger partial charge in [-0.3, -0.25) is 4.90 Å². The quantitative estimate of drug-likeness (QED) is 0.778. The number of hydrogen-bond acceptors (Lipinski definition) is 6. The molecule has 2 aliphatic heterocycles. The van der Waals surface area contributed by atoms with Crippen LogP contribution in [0.2, 0.25) is 0 Å². The molecular formula is C18H23NO7. The molecule has 0 aromatic heterocycles. The maximum atomic E-state index is 9.55. The fraction of sp³-hybridized carbons (Fsp3) is 0.444. The lowest BCUT2D eigenvalue weighted by Crippen LogP contribution is -2.44. The molecule has 2 atom stereocenters. The minimum Gasteiger partial charge on any atom is -0.497 e. The minimum atomic E-state index is -1.26. The summed E-state index contributed by atoms with van der Waals surface area (Å²) in [6.45, 7) is 2.50. The van der Waals surface area contributed by atoms with Gasteiger partial charge in [0, 0.05) is 30.3 Å². The third-order valence-electron chi connectivity index (χ3n) is 4.22. The van der Waals surface area contributed by atoms with Crippen molar-refractivity contribution in [2.75, 3.05) is 33.9 Å². The van der Waals surface area contributed by atoms with E-state index in [9.17, 15) is 9.59 Å². The normalized spacial score (nSPS) is 22.1. The van der Waals surface area contributed by atoms with Gasteiger partial charge < -0.3 is 24.4 Å². The van der Waals surface area contributed by atoms with Crippen molar-refractivity contribution in [3.05, 3.63) is 35.9 Å². The standard InChI is InChI=1S/C14H19NO3.C4H4O4/c1-15-6-8-18-14-11-9-10(16-2)3-4-13(11)17-7-5-12(14)15;5-3(6)1-2-4(7)8/h3-4,9,12,14H,5-8H2,1-2H3;1-2H,(H,5,6)(H,7,8)/b;2-1-/t12-,14-;/m1./s1. The Bertz CT molecular complexity index is 658. The van der Waals surface area contributed by atoms with Crippen LogP contribution in [0.5, 0.6) is 11.5 Å². The zero-order valence-corrected chi connectivity index (χ0v) is 14.8. The van der Waals surface area contributed by atoms with Crippen molar-refractivity contribution in [3.8, 4) is 11.5 Å². The second-order valence-electron chi connectivity index (χ2n) is 5.89. The molecule has 1 aromatic carbocycles. The van der Waals surface area contributed by atoms with Crippen molar-refractivity contribution in [3.63, 3.8) is 0 Å². The molecule has 0 radical (unpaired) electrons. The third kappa shape index (κ3) is 5.21. The second-order valence-corrected chi connectivity index (χ2v) is 5.89. The summed E-state index contributed by atoms with van der Waals surface area (Å²) in [5, 5.41) is 15.6. The largest absolute Gasteiger partial charge is 0.497 e. The molecule has 8 nitrogen and oxygen atoms in total. The maximum Gasteiger partial charge on any atom is 0.328 e. The zero-order chi connectivity index (χ0) is 19.1. The van der Waals surface area contributed by atoms with Gasteiger partial charge in [-0.15, -0.1) is 0 Å². The molecule has 3 rings (SSSR count). The van der Waals surface area contributed by atoms with Crippen LogP contribution in [-0.2, 0) is 14.3 Å². The molecule has 0 saturated carbocycles. The third-order valence-corrected chi connectivity index (χ3v) is 4.22. The summed E-state index contributed by atoms with van der Waals surface area (Å²) < 4.78 is 17.1. The van der Waals surface area contributed by atoms with E-state index in [4.69, 9.17) is 24.4 Å². The van der Waals surface area contributed by atoms with Gasteiger partial charge in [-0.2, -0.15) is 0 Å². The Kier molecular flexibility index (Phi) is 6.99. The molecule has 0 bridgehead atoms. The predicted molar refractivity (Wildman–Crippen MR) is 92.6 cm³/mol. The SMILES string of the molecule is COc1ccc2c(c1)[C@H]1OCCN(C)[C@@H]1CCO2.O=C(O)/C=C\C(=O)O. The van der Waals surface area contributed by atoms with Crippen LogP contribution in [-0.4, -0.2) is 67.0 Å². The molecule has 2 heterocycles. The number of methoxy groups -OCH3 is 1. The van der Waals surface area contributed by atoms with Gasteiger partial charge in [0.15, 0.2) is 0 Å². The molecule has 142 valence electrons. The minimum absolute atomic E-state index is 0.0938. The molecule has 0 spiro atoms. The number of carbonyl (C=O) groups is 2. The monoisotopic (exact) mass is 365 g/mol. The maximum absolute atomic E-state index is 9.55. The molecule has 26 heavy (non-hydrogen) atoms. The van der Waals surface area contributed by atoms with Gasteiger partial charge >= 0.3 is 11.9 Å². The summed E-state index contributed by atoms with van der Waals surface area (Å²) in [5.74, 6) is -0.728. The molecule has 2 N–H and O–H groups in total. The van der Waals surface area contributed by atoms with Gasteiger partial charge in [0.2, 0.25) is 0 Å². The van der Waals surface area contributed by atoms with E-state index in [1.54, 1.807) is 7.11 Å². The van der Waals surface area contributed by atoms with Gasteiger partial charge in [-0.1, -0.05) is 0 Å². The molecule has 1 fully saturated rings. The second kappa shape index (κ2) is 9.21. The molecular weight excluding hydrogens is 342 g/mol. The topological polar surface area (TPSA) is 106 Å². The molecule has 1 saturated heterocycles. The Morgan fingerprint density at radius 2 is 1.92 bits per heavy atom. The fourth-order valence-corrected chi connectivity index (χ4v) is 2.94. The number of carboxylic acids is 2. The lowest BCUT2D eigenvalue weighted by Gasteiger charge is -2.38. The number of fused-ring (bicyclic) bond motifs is 3. The summed E-state index contributed by atoms with van der Waals surface area (Å²) in [6.07, 6.45) is 2.21. The van der Waals surface area contributed by atoms with Crippen LogP contribution in [0.15, 0.2) is 30.4 Å². The highest BCUT2D eigenvalue weighted by Crippen LogP contribution is 2.39. The van der Waals surface area contributed by atoms with E-state index >= 15 is 0 Å². The number of aliphatic carboxylic acids is 2. The van der Waals surface area contributed by atoms with E-state index in [1.165, 1.54) is 0 Å². The lowest BCUT2D eigenvalue weighted by atomic mass is 9.97. The van der Waals surface area contributed by atoms with Gasteiger partial charge in [-0.05, 0) is 31.7 Å². The number of benzene rings is 1. The van der Waals surface area contributed by atoms with E-state index in [0.29, 0.717) is 18.2 Å². The van der Waals surface area contributed by atoms with E-state index in [-0.39, 0.29) is 6.10 Å². The van der Waals surface area contributed by atoms with E-state index in [0.717, 1.165) is 43.2 Å². The number of nitrogens with zero attached hydrogens (tertiary/aromatic N) is 1.